The average molecular weight is 371 g/mol. The van der Waals surface area contributed by atoms with Crippen molar-refractivity contribution in [3.05, 3.63) is 42.5 Å². The first-order valence-electron chi connectivity index (χ1n) is 9.22. The highest BCUT2D eigenvalue weighted by molar-refractivity contribution is 5.92. The van der Waals surface area contributed by atoms with Crippen LogP contribution in [0.15, 0.2) is 42.5 Å². The van der Waals surface area contributed by atoms with E-state index in [1.54, 1.807) is 32.4 Å². The van der Waals surface area contributed by atoms with E-state index < -0.39 is 0 Å². The van der Waals surface area contributed by atoms with Crippen molar-refractivity contribution in [2.24, 2.45) is 0 Å². The largest absolute Gasteiger partial charge is 0.497 e. The lowest BCUT2D eigenvalue weighted by Gasteiger charge is -2.21. The van der Waals surface area contributed by atoms with Crippen LogP contribution < -0.4 is 25.0 Å². The summed E-state index contributed by atoms with van der Waals surface area (Å²) < 4.78 is 10.5. The van der Waals surface area contributed by atoms with Gasteiger partial charge in [-0.05, 0) is 50.2 Å². The molecule has 0 fully saturated rings. The van der Waals surface area contributed by atoms with Crippen molar-refractivity contribution in [3.8, 4) is 11.5 Å². The normalized spacial score (nSPS) is 10.2. The zero-order valence-corrected chi connectivity index (χ0v) is 16.5. The molecule has 0 aliphatic rings. The molecule has 2 N–H and O–H groups in total. The van der Waals surface area contributed by atoms with Gasteiger partial charge in [0.25, 0.3) is 0 Å². The molecule has 0 spiro atoms. The molecule has 1 amide bonds. The van der Waals surface area contributed by atoms with Crippen LogP contribution in [0.4, 0.5) is 17.1 Å². The van der Waals surface area contributed by atoms with Crippen LogP contribution in [0, 0.1) is 0 Å². The van der Waals surface area contributed by atoms with Crippen LogP contribution in [0.25, 0.3) is 0 Å². The summed E-state index contributed by atoms with van der Waals surface area (Å²) in [6.07, 6.45) is 0.345. The summed E-state index contributed by atoms with van der Waals surface area (Å²) >= 11 is 0. The number of carbonyl (C=O) groups is 1. The molecule has 0 radical (unpaired) electrons. The summed E-state index contributed by atoms with van der Waals surface area (Å²) in [6.45, 7) is 6.80. The van der Waals surface area contributed by atoms with E-state index in [1.165, 1.54) is 5.69 Å². The number of amides is 1. The standard InChI is InChI=1S/C21H29N3O3/c1-5-24(6-2)17-9-7-16(8-10-17)22-14-13-21(25)23-19-15-18(26-3)11-12-20(19)27-4/h7-12,15,22H,5-6,13-14H2,1-4H3,(H,23,25). The van der Waals surface area contributed by atoms with Crippen molar-refractivity contribution in [2.45, 2.75) is 20.3 Å². The third-order valence-electron chi connectivity index (χ3n) is 4.36. The number of methoxy groups -OCH3 is 2. The first kappa shape index (κ1) is 20.4. The van der Waals surface area contributed by atoms with Crippen molar-refractivity contribution in [1.82, 2.24) is 0 Å². The molecule has 0 bridgehead atoms. The summed E-state index contributed by atoms with van der Waals surface area (Å²) in [5.74, 6) is 1.18. The summed E-state index contributed by atoms with van der Waals surface area (Å²) in [7, 11) is 3.16. The second-order valence-electron chi connectivity index (χ2n) is 6.01. The van der Waals surface area contributed by atoms with Gasteiger partial charge in [-0.3, -0.25) is 4.79 Å². The van der Waals surface area contributed by atoms with E-state index in [-0.39, 0.29) is 5.91 Å². The first-order chi connectivity index (χ1) is 13.1. The zero-order chi connectivity index (χ0) is 19.6. The molecule has 6 heteroatoms. The minimum absolute atomic E-state index is 0.0891. The molecule has 2 aromatic carbocycles. The number of nitrogens with zero attached hydrogens (tertiary/aromatic N) is 1. The highest BCUT2D eigenvalue weighted by Gasteiger charge is 2.09. The summed E-state index contributed by atoms with van der Waals surface area (Å²) in [6, 6.07) is 13.6. The van der Waals surface area contributed by atoms with Gasteiger partial charge in [-0.15, -0.1) is 0 Å². The molecule has 0 aliphatic carbocycles. The topological polar surface area (TPSA) is 62.8 Å². The van der Waals surface area contributed by atoms with Crippen LogP contribution in [0.1, 0.15) is 20.3 Å². The molecule has 2 aromatic rings. The number of hydrogen-bond donors (Lipinski definition) is 2. The lowest BCUT2D eigenvalue weighted by molar-refractivity contribution is -0.116. The number of carbonyl (C=O) groups excluding carboxylic acids is 1. The van der Waals surface area contributed by atoms with Crippen molar-refractivity contribution in [3.63, 3.8) is 0 Å². The van der Waals surface area contributed by atoms with Gasteiger partial charge in [0, 0.05) is 43.5 Å². The van der Waals surface area contributed by atoms with E-state index in [0.717, 1.165) is 18.8 Å². The number of benzene rings is 2. The maximum absolute atomic E-state index is 12.2. The Morgan fingerprint density at radius 2 is 1.70 bits per heavy atom. The van der Waals surface area contributed by atoms with Crippen LogP contribution >= 0.6 is 0 Å². The Bertz CT molecular complexity index is 728. The highest BCUT2D eigenvalue weighted by atomic mass is 16.5. The zero-order valence-electron chi connectivity index (χ0n) is 16.5. The maximum atomic E-state index is 12.2. The van der Waals surface area contributed by atoms with E-state index in [9.17, 15) is 4.79 Å². The Balaban J connectivity index is 1.86. The van der Waals surface area contributed by atoms with Gasteiger partial charge in [0.2, 0.25) is 5.91 Å². The molecule has 0 aliphatic heterocycles. The number of anilines is 3. The van der Waals surface area contributed by atoms with E-state index >= 15 is 0 Å². The SMILES string of the molecule is CCN(CC)c1ccc(NCCC(=O)Nc2cc(OC)ccc2OC)cc1. The minimum atomic E-state index is -0.0891. The Kier molecular flexibility index (Phi) is 7.79. The molecule has 146 valence electrons. The van der Waals surface area contributed by atoms with Crippen LogP contribution in [0.2, 0.25) is 0 Å². The predicted molar refractivity (Wildman–Crippen MR) is 111 cm³/mol. The van der Waals surface area contributed by atoms with E-state index in [1.807, 2.05) is 12.1 Å². The third-order valence-corrected chi connectivity index (χ3v) is 4.36. The van der Waals surface area contributed by atoms with E-state index in [2.05, 4.69) is 41.5 Å². The molecular weight excluding hydrogens is 342 g/mol. The molecule has 0 aromatic heterocycles. The second kappa shape index (κ2) is 10.3. The molecule has 0 heterocycles. The number of nitrogens with one attached hydrogen (secondary N) is 2. The quantitative estimate of drug-likeness (QED) is 0.661. The molecule has 6 nitrogen and oxygen atoms in total. The molecular formula is C21H29N3O3. The smallest absolute Gasteiger partial charge is 0.226 e. The van der Waals surface area contributed by atoms with E-state index in [0.29, 0.717) is 30.2 Å². The van der Waals surface area contributed by atoms with E-state index in [4.69, 9.17) is 9.47 Å². The van der Waals surface area contributed by atoms with Gasteiger partial charge in [-0.1, -0.05) is 0 Å². The summed E-state index contributed by atoms with van der Waals surface area (Å²) in [4.78, 5) is 14.5. The van der Waals surface area contributed by atoms with Gasteiger partial charge < -0.3 is 25.0 Å². The fraction of sp³-hybridized carbons (Fsp3) is 0.381. The first-order valence-corrected chi connectivity index (χ1v) is 9.22. The average Bonchev–Trinajstić information content (AvgIpc) is 2.70. The van der Waals surface area contributed by atoms with Gasteiger partial charge >= 0.3 is 0 Å². The van der Waals surface area contributed by atoms with Gasteiger partial charge in [0.05, 0.1) is 19.9 Å². The lowest BCUT2D eigenvalue weighted by Crippen LogP contribution is -2.21. The fourth-order valence-electron chi connectivity index (χ4n) is 2.82. The van der Waals surface area contributed by atoms with Crippen LogP contribution in [0.5, 0.6) is 11.5 Å². The van der Waals surface area contributed by atoms with Crippen molar-refractivity contribution < 1.29 is 14.3 Å². The Morgan fingerprint density at radius 3 is 2.30 bits per heavy atom. The Morgan fingerprint density at radius 1 is 1.00 bits per heavy atom. The van der Waals surface area contributed by atoms with Crippen LogP contribution in [-0.4, -0.2) is 39.8 Å². The maximum Gasteiger partial charge on any atom is 0.226 e. The minimum Gasteiger partial charge on any atom is -0.497 e. The van der Waals surface area contributed by atoms with Crippen molar-refractivity contribution in [2.75, 3.05) is 49.4 Å². The predicted octanol–water partition coefficient (Wildman–Crippen LogP) is 3.99. The molecule has 0 unspecified atom stereocenters. The second-order valence-corrected chi connectivity index (χ2v) is 6.01. The van der Waals surface area contributed by atoms with Crippen molar-refractivity contribution >= 4 is 23.0 Å². The molecule has 0 saturated carbocycles. The molecule has 27 heavy (non-hydrogen) atoms. The Labute approximate surface area is 161 Å². The molecule has 0 atom stereocenters. The summed E-state index contributed by atoms with van der Waals surface area (Å²) in [5, 5.41) is 6.15. The number of hydrogen-bond acceptors (Lipinski definition) is 5. The monoisotopic (exact) mass is 371 g/mol. The van der Waals surface area contributed by atoms with Crippen molar-refractivity contribution in [1.29, 1.82) is 0 Å². The van der Waals surface area contributed by atoms with Gasteiger partial charge in [0.1, 0.15) is 11.5 Å². The number of ether oxygens (including phenoxy) is 2. The Hall–Kier alpha value is -2.89. The molecule has 0 saturated heterocycles. The van der Waals surface area contributed by atoms with Crippen LogP contribution in [0.3, 0.4) is 0 Å². The van der Waals surface area contributed by atoms with Crippen LogP contribution in [-0.2, 0) is 4.79 Å². The van der Waals surface area contributed by atoms with Gasteiger partial charge in [0.15, 0.2) is 0 Å². The highest BCUT2D eigenvalue weighted by Crippen LogP contribution is 2.29. The fourth-order valence-corrected chi connectivity index (χ4v) is 2.82. The number of rotatable bonds is 10. The molecule has 2 rings (SSSR count). The lowest BCUT2D eigenvalue weighted by atomic mass is 10.2. The summed E-state index contributed by atoms with van der Waals surface area (Å²) in [5.41, 5.74) is 2.80. The van der Waals surface area contributed by atoms with Gasteiger partial charge in [-0.25, -0.2) is 0 Å². The van der Waals surface area contributed by atoms with Gasteiger partial charge in [-0.2, -0.15) is 0 Å². The third kappa shape index (κ3) is 5.81.